The van der Waals surface area contributed by atoms with Crippen molar-refractivity contribution in [1.29, 1.82) is 0 Å². The molecule has 1 aliphatic heterocycles. The monoisotopic (exact) mass is 484 g/mol. The van der Waals surface area contributed by atoms with E-state index in [0.717, 1.165) is 21.6 Å². The van der Waals surface area contributed by atoms with Crippen molar-refractivity contribution in [3.63, 3.8) is 0 Å². The van der Waals surface area contributed by atoms with E-state index in [1.807, 2.05) is 55.6 Å². The molecule has 1 aliphatic rings. The minimum Gasteiger partial charge on any atom is -0.306 e. The summed E-state index contributed by atoms with van der Waals surface area (Å²) >= 11 is 8.21. The Kier molecular flexibility index (Phi) is 6.83. The van der Waals surface area contributed by atoms with Crippen LogP contribution in [0.15, 0.2) is 45.2 Å². The number of benzene rings is 1. The zero-order chi connectivity index (χ0) is 22.7. The minimum absolute atomic E-state index is 0.119. The molecule has 1 saturated heterocycles. The number of nitrogens with zero attached hydrogens (tertiary/aromatic N) is 3. The van der Waals surface area contributed by atoms with Gasteiger partial charge in [-0.15, -0.1) is 11.3 Å². The van der Waals surface area contributed by atoms with Crippen molar-refractivity contribution in [1.82, 2.24) is 15.2 Å². The lowest BCUT2D eigenvalue weighted by Gasteiger charge is -2.13. The Balaban J connectivity index is 1.34. The van der Waals surface area contributed by atoms with Crippen molar-refractivity contribution in [3.8, 4) is 11.3 Å². The van der Waals surface area contributed by atoms with Crippen LogP contribution < -0.4 is 5.32 Å². The molecule has 164 valence electrons. The number of aryl methyl sites for hydroxylation is 2. The van der Waals surface area contributed by atoms with Crippen LogP contribution in [0.4, 0.5) is 5.82 Å². The maximum atomic E-state index is 12.7. The molecule has 0 bridgehead atoms. The summed E-state index contributed by atoms with van der Waals surface area (Å²) in [5, 5.41) is 12.5. The minimum atomic E-state index is -0.230. The summed E-state index contributed by atoms with van der Waals surface area (Å²) in [5.74, 6) is -0.0632. The quantitative estimate of drug-likeness (QED) is 0.371. The van der Waals surface area contributed by atoms with Crippen molar-refractivity contribution >= 4 is 63.3 Å². The zero-order valence-electron chi connectivity index (χ0n) is 17.5. The van der Waals surface area contributed by atoms with Crippen LogP contribution in [0.2, 0.25) is 0 Å². The van der Waals surface area contributed by atoms with Gasteiger partial charge in [-0.05, 0) is 59.7 Å². The van der Waals surface area contributed by atoms with Gasteiger partial charge in [0.1, 0.15) is 4.32 Å². The molecule has 32 heavy (non-hydrogen) atoms. The number of thioether (sulfide) groups is 1. The van der Waals surface area contributed by atoms with Gasteiger partial charge in [0.2, 0.25) is 11.7 Å². The third-order valence-electron chi connectivity index (χ3n) is 4.87. The summed E-state index contributed by atoms with van der Waals surface area (Å²) in [7, 11) is 0. The SMILES string of the molecule is Cc1ccc(C)c(-c2nonc2NC(=O)CCCN2C(=O)/C(=C/c3cccs3)SC2=S)c1. The van der Waals surface area contributed by atoms with Crippen LogP contribution in [-0.4, -0.2) is 37.9 Å². The average molecular weight is 485 g/mol. The van der Waals surface area contributed by atoms with Crippen LogP contribution in [0.5, 0.6) is 0 Å². The highest BCUT2D eigenvalue weighted by Crippen LogP contribution is 2.33. The number of aromatic nitrogens is 2. The van der Waals surface area contributed by atoms with E-state index in [1.165, 1.54) is 11.8 Å². The first-order valence-corrected chi connectivity index (χ1v) is 12.0. The maximum absolute atomic E-state index is 12.7. The van der Waals surface area contributed by atoms with Gasteiger partial charge in [-0.25, -0.2) is 4.63 Å². The van der Waals surface area contributed by atoms with Crippen molar-refractivity contribution in [2.24, 2.45) is 0 Å². The number of thiophene rings is 1. The lowest BCUT2D eigenvalue weighted by molar-refractivity contribution is -0.122. The smallest absolute Gasteiger partial charge is 0.266 e. The first-order valence-electron chi connectivity index (χ1n) is 9.91. The number of carbonyl (C=O) groups is 2. The molecule has 0 spiro atoms. The first kappa shape index (κ1) is 22.4. The molecule has 0 unspecified atom stereocenters. The van der Waals surface area contributed by atoms with Crippen LogP contribution in [-0.2, 0) is 9.59 Å². The van der Waals surface area contributed by atoms with E-state index >= 15 is 0 Å². The van der Waals surface area contributed by atoms with Crippen molar-refractivity contribution in [2.75, 3.05) is 11.9 Å². The summed E-state index contributed by atoms with van der Waals surface area (Å²) in [6.07, 6.45) is 2.53. The summed E-state index contributed by atoms with van der Waals surface area (Å²) in [5.41, 5.74) is 3.43. The molecule has 0 aliphatic carbocycles. The highest BCUT2D eigenvalue weighted by molar-refractivity contribution is 8.26. The summed E-state index contributed by atoms with van der Waals surface area (Å²) in [6.45, 7) is 4.32. The number of amides is 2. The Morgan fingerprint density at radius 1 is 1.28 bits per heavy atom. The van der Waals surface area contributed by atoms with Crippen LogP contribution in [0, 0.1) is 13.8 Å². The predicted molar refractivity (Wildman–Crippen MR) is 131 cm³/mol. The van der Waals surface area contributed by atoms with E-state index in [4.69, 9.17) is 16.8 Å². The Hall–Kier alpha value is -2.82. The number of hydrogen-bond donors (Lipinski definition) is 1. The van der Waals surface area contributed by atoms with Gasteiger partial charge in [0, 0.05) is 23.4 Å². The molecule has 0 atom stereocenters. The molecular weight excluding hydrogens is 464 g/mol. The molecule has 2 aromatic heterocycles. The number of carbonyl (C=O) groups excluding carboxylic acids is 2. The molecule has 3 heterocycles. The fourth-order valence-corrected chi connectivity index (χ4v) is 5.26. The van der Waals surface area contributed by atoms with E-state index in [2.05, 4.69) is 15.6 Å². The van der Waals surface area contributed by atoms with Crippen LogP contribution >= 0.6 is 35.3 Å². The van der Waals surface area contributed by atoms with Gasteiger partial charge in [-0.2, -0.15) is 0 Å². The molecule has 4 rings (SSSR count). The topological polar surface area (TPSA) is 88.3 Å². The van der Waals surface area contributed by atoms with Gasteiger partial charge in [0.15, 0.2) is 5.69 Å². The number of nitrogens with one attached hydrogen (secondary N) is 1. The zero-order valence-corrected chi connectivity index (χ0v) is 19.9. The van der Waals surface area contributed by atoms with Crippen molar-refractivity contribution < 1.29 is 14.2 Å². The van der Waals surface area contributed by atoms with E-state index in [1.54, 1.807) is 16.2 Å². The number of hydrogen-bond acceptors (Lipinski definition) is 8. The highest BCUT2D eigenvalue weighted by atomic mass is 32.2. The Labute approximate surface area is 198 Å². The molecule has 10 heteroatoms. The van der Waals surface area contributed by atoms with Crippen LogP contribution in [0.25, 0.3) is 17.3 Å². The molecule has 3 aromatic rings. The van der Waals surface area contributed by atoms with Gasteiger partial charge < -0.3 is 5.32 Å². The summed E-state index contributed by atoms with van der Waals surface area (Å²) in [4.78, 5) is 28.3. The van der Waals surface area contributed by atoms with Gasteiger partial charge in [-0.1, -0.05) is 47.7 Å². The van der Waals surface area contributed by atoms with E-state index in [0.29, 0.717) is 27.9 Å². The van der Waals surface area contributed by atoms with Crippen molar-refractivity contribution in [3.05, 3.63) is 56.6 Å². The Morgan fingerprint density at radius 2 is 2.12 bits per heavy atom. The van der Waals surface area contributed by atoms with Gasteiger partial charge in [0.25, 0.3) is 5.91 Å². The predicted octanol–water partition coefficient (Wildman–Crippen LogP) is 5.04. The summed E-state index contributed by atoms with van der Waals surface area (Å²) < 4.78 is 5.38. The van der Waals surface area contributed by atoms with E-state index in [9.17, 15) is 9.59 Å². The Bertz CT molecular complexity index is 1200. The average Bonchev–Trinajstić information content (AvgIpc) is 3.48. The molecule has 1 N–H and O–H groups in total. The molecule has 0 saturated carbocycles. The highest BCUT2D eigenvalue weighted by Gasteiger charge is 2.31. The fraction of sp³-hybridized carbons (Fsp3) is 0.227. The molecule has 2 amide bonds. The van der Waals surface area contributed by atoms with E-state index in [-0.39, 0.29) is 24.1 Å². The largest absolute Gasteiger partial charge is 0.306 e. The lowest BCUT2D eigenvalue weighted by atomic mass is 10.0. The molecule has 7 nitrogen and oxygen atoms in total. The number of rotatable bonds is 7. The second kappa shape index (κ2) is 9.76. The lowest BCUT2D eigenvalue weighted by Crippen LogP contribution is -2.29. The third-order valence-corrected chi connectivity index (χ3v) is 7.07. The molecule has 0 radical (unpaired) electrons. The maximum Gasteiger partial charge on any atom is 0.266 e. The van der Waals surface area contributed by atoms with Gasteiger partial charge >= 0.3 is 0 Å². The normalized spacial score (nSPS) is 15.1. The second-order valence-corrected chi connectivity index (χ2v) is 9.94. The third kappa shape index (κ3) is 4.98. The van der Waals surface area contributed by atoms with Gasteiger partial charge in [-0.3, -0.25) is 14.5 Å². The number of anilines is 1. The molecular formula is C22H20N4O3S3. The number of thiocarbonyl (C=S) groups is 1. The fourth-order valence-electron chi connectivity index (χ4n) is 3.23. The van der Waals surface area contributed by atoms with E-state index < -0.39 is 0 Å². The van der Waals surface area contributed by atoms with Gasteiger partial charge in [0.05, 0.1) is 4.91 Å². The Morgan fingerprint density at radius 3 is 2.91 bits per heavy atom. The molecule has 1 fully saturated rings. The standard InChI is InChI=1S/C22H20N4O3S3/c1-13-7-8-14(2)16(11-13)19-20(25-29-24-19)23-18(27)6-3-9-26-21(28)17(32-22(26)30)12-15-5-4-10-31-15/h4-5,7-8,10-12H,3,6,9H2,1-2H3,(H,23,25,27)/b17-12-. The van der Waals surface area contributed by atoms with Crippen molar-refractivity contribution in [2.45, 2.75) is 26.7 Å². The first-order chi connectivity index (χ1) is 15.4. The van der Waals surface area contributed by atoms with Crippen LogP contribution in [0.3, 0.4) is 0 Å². The second-order valence-electron chi connectivity index (χ2n) is 7.28. The van der Waals surface area contributed by atoms with Crippen LogP contribution in [0.1, 0.15) is 28.8 Å². The molecule has 1 aromatic carbocycles. The summed E-state index contributed by atoms with van der Waals surface area (Å²) in [6, 6.07) is 9.86.